The molecule has 92 valence electrons. The number of rotatable bonds is 9. The monoisotopic (exact) mass is 214 g/mol. The Kier molecular flexibility index (Phi) is 9.12. The van der Waals surface area contributed by atoms with E-state index >= 15 is 0 Å². The summed E-state index contributed by atoms with van der Waals surface area (Å²) in [5.41, 5.74) is 0. The van der Waals surface area contributed by atoms with Crippen LogP contribution >= 0.6 is 0 Å². The Morgan fingerprint density at radius 3 is 1.87 bits per heavy atom. The lowest BCUT2D eigenvalue weighted by Crippen LogP contribution is -2.31. The molecule has 0 rings (SSSR count). The summed E-state index contributed by atoms with van der Waals surface area (Å²) in [6.45, 7) is 16.0. The van der Waals surface area contributed by atoms with Crippen molar-refractivity contribution >= 4 is 0 Å². The van der Waals surface area contributed by atoms with Crippen LogP contribution in [0.3, 0.4) is 0 Å². The highest BCUT2D eigenvalue weighted by Gasteiger charge is 2.16. The van der Waals surface area contributed by atoms with Crippen LogP contribution in [-0.4, -0.2) is 26.2 Å². The average molecular weight is 214 g/mol. The molecule has 0 atom stereocenters. The first kappa shape index (κ1) is 14.9. The fraction of sp³-hybridized carbons (Fsp3) is 1.00. The second-order valence-corrected chi connectivity index (χ2v) is 5.06. The van der Waals surface area contributed by atoms with Crippen molar-refractivity contribution in [1.82, 2.24) is 10.6 Å². The van der Waals surface area contributed by atoms with Gasteiger partial charge in [-0.2, -0.15) is 0 Å². The maximum Gasteiger partial charge on any atom is -0.00156 e. The molecule has 0 bridgehead atoms. The van der Waals surface area contributed by atoms with Crippen molar-refractivity contribution in [1.29, 1.82) is 0 Å². The van der Waals surface area contributed by atoms with E-state index in [0.717, 1.165) is 37.4 Å². The van der Waals surface area contributed by atoms with Crippen molar-refractivity contribution in [3.05, 3.63) is 0 Å². The Bertz CT molecular complexity index is 124. The molecular formula is C13H30N2. The van der Waals surface area contributed by atoms with Gasteiger partial charge in [0.05, 0.1) is 0 Å². The predicted octanol–water partition coefficient (Wildman–Crippen LogP) is 2.50. The highest BCUT2D eigenvalue weighted by Crippen LogP contribution is 2.19. The van der Waals surface area contributed by atoms with E-state index in [0.29, 0.717) is 0 Å². The largest absolute Gasteiger partial charge is 0.317 e. The lowest BCUT2D eigenvalue weighted by Gasteiger charge is -2.25. The van der Waals surface area contributed by atoms with Gasteiger partial charge in [-0.1, -0.05) is 34.6 Å². The predicted molar refractivity (Wildman–Crippen MR) is 69.2 cm³/mol. The van der Waals surface area contributed by atoms with Gasteiger partial charge in [0.2, 0.25) is 0 Å². The van der Waals surface area contributed by atoms with Gasteiger partial charge in [0.15, 0.2) is 0 Å². The average Bonchev–Trinajstić information content (AvgIpc) is 2.15. The zero-order chi connectivity index (χ0) is 11.7. The summed E-state index contributed by atoms with van der Waals surface area (Å²) in [5.74, 6) is 2.38. The van der Waals surface area contributed by atoms with Crippen LogP contribution < -0.4 is 10.6 Å². The molecule has 0 aliphatic heterocycles. The zero-order valence-electron chi connectivity index (χ0n) is 11.3. The summed E-state index contributed by atoms with van der Waals surface area (Å²) in [5, 5.41) is 6.91. The number of hydrogen-bond donors (Lipinski definition) is 2. The molecule has 0 aliphatic rings. The lowest BCUT2D eigenvalue weighted by atomic mass is 9.85. The fourth-order valence-electron chi connectivity index (χ4n) is 2.03. The summed E-state index contributed by atoms with van der Waals surface area (Å²) >= 11 is 0. The van der Waals surface area contributed by atoms with Crippen molar-refractivity contribution in [2.75, 3.05) is 26.2 Å². The molecule has 0 spiro atoms. The Morgan fingerprint density at radius 2 is 1.40 bits per heavy atom. The molecule has 0 saturated carbocycles. The molecule has 0 fully saturated rings. The molecule has 0 aromatic heterocycles. The van der Waals surface area contributed by atoms with E-state index in [4.69, 9.17) is 0 Å². The van der Waals surface area contributed by atoms with Crippen LogP contribution in [0.25, 0.3) is 0 Å². The first-order chi connectivity index (χ1) is 7.09. The third-order valence-electron chi connectivity index (χ3n) is 3.05. The van der Waals surface area contributed by atoms with Crippen molar-refractivity contribution in [3.63, 3.8) is 0 Å². The molecule has 2 nitrogen and oxygen atoms in total. The Labute approximate surface area is 96.2 Å². The molecule has 0 aliphatic carbocycles. The minimum atomic E-state index is 0.784. The van der Waals surface area contributed by atoms with E-state index < -0.39 is 0 Å². The van der Waals surface area contributed by atoms with Crippen molar-refractivity contribution in [3.8, 4) is 0 Å². The van der Waals surface area contributed by atoms with Gasteiger partial charge < -0.3 is 10.6 Å². The minimum Gasteiger partial charge on any atom is -0.317 e. The second-order valence-electron chi connectivity index (χ2n) is 5.06. The van der Waals surface area contributed by atoms with Gasteiger partial charge >= 0.3 is 0 Å². The number of nitrogens with one attached hydrogen (secondary N) is 2. The smallest absolute Gasteiger partial charge is 0.00156 e. The molecular weight excluding hydrogens is 184 g/mol. The van der Waals surface area contributed by atoms with E-state index in [-0.39, 0.29) is 0 Å². The second kappa shape index (κ2) is 9.17. The van der Waals surface area contributed by atoms with Gasteiger partial charge in [-0.15, -0.1) is 0 Å². The van der Waals surface area contributed by atoms with Crippen LogP contribution in [0.4, 0.5) is 0 Å². The van der Waals surface area contributed by atoms with Crippen LogP contribution in [0.15, 0.2) is 0 Å². The van der Waals surface area contributed by atoms with Crippen LogP contribution in [0.2, 0.25) is 0 Å². The van der Waals surface area contributed by atoms with Crippen molar-refractivity contribution in [2.45, 2.75) is 41.0 Å². The van der Waals surface area contributed by atoms with Gasteiger partial charge in [-0.25, -0.2) is 0 Å². The van der Waals surface area contributed by atoms with Crippen LogP contribution in [0, 0.1) is 17.8 Å². The van der Waals surface area contributed by atoms with E-state index in [1.807, 2.05) is 0 Å². The third-order valence-corrected chi connectivity index (χ3v) is 3.05. The molecule has 0 radical (unpaired) electrons. The maximum absolute atomic E-state index is 3.57. The summed E-state index contributed by atoms with van der Waals surface area (Å²) in [7, 11) is 0. The quantitative estimate of drug-likeness (QED) is 0.576. The Morgan fingerprint density at radius 1 is 0.867 bits per heavy atom. The highest BCUT2D eigenvalue weighted by molar-refractivity contribution is 4.69. The minimum absolute atomic E-state index is 0.784. The first-order valence-corrected chi connectivity index (χ1v) is 6.51. The summed E-state index contributed by atoms with van der Waals surface area (Å²) in [6.07, 6.45) is 1.23. The molecule has 2 heteroatoms. The fourth-order valence-corrected chi connectivity index (χ4v) is 2.03. The SMILES string of the molecule is CCNCCCNCC(C(C)C)C(C)C. The molecule has 0 heterocycles. The van der Waals surface area contributed by atoms with E-state index in [1.54, 1.807) is 0 Å². The van der Waals surface area contributed by atoms with Gasteiger partial charge in [-0.3, -0.25) is 0 Å². The molecule has 0 aromatic rings. The highest BCUT2D eigenvalue weighted by atomic mass is 14.9. The van der Waals surface area contributed by atoms with Crippen molar-refractivity contribution in [2.24, 2.45) is 17.8 Å². The summed E-state index contributed by atoms with van der Waals surface area (Å²) in [4.78, 5) is 0. The van der Waals surface area contributed by atoms with E-state index in [9.17, 15) is 0 Å². The van der Waals surface area contributed by atoms with Crippen LogP contribution in [0.1, 0.15) is 41.0 Å². The summed E-state index contributed by atoms with van der Waals surface area (Å²) < 4.78 is 0. The van der Waals surface area contributed by atoms with Gasteiger partial charge in [0.1, 0.15) is 0 Å². The normalized spacial score (nSPS) is 12.0. The molecule has 2 N–H and O–H groups in total. The van der Waals surface area contributed by atoms with Gasteiger partial charge in [0.25, 0.3) is 0 Å². The zero-order valence-corrected chi connectivity index (χ0v) is 11.3. The number of hydrogen-bond acceptors (Lipinski definition) is 2. The molecule has 0 unspecified atom stereocenters. The van der Waals surface area contributed by atoms with Crippen LogP contribution in [0.5, 0.6) is 0 Å². The topological polar surface area (TPSA) is 24.1 Å². The third kappa shape index (κ3) is 7.80. The standard InChI is InChI=1S/C13H30N2/c1-6-14-8-7-9-15-10-13(11(2)3)12(4)5/h11-15H,6-10H2,1-5H3. The Hall–Kier alpha value is -0.0800. The molecule has 0 amide bonds. The Balaban J connectivity index is 3.46. The van der Waals surface area contributed by atoms with Crippen molar-refractivity contribution < 1.29 is 0 Å². The van der Waals surface area contributed by atoms with Crippen LogP contribution in [-0.2, 0) is 0 Å². The maximum atomic E-state index is 3.57. The molecule has 0 saturated heterocycles. The van der Waals surface area contributed by atoms with Gasteiger partial charge in [0, 0.05) is 0 Å². The molecule has 15 heavy (non-hydrogen) atoms. The molecule has 0 aromatic carbocycles. The van der Waals surface area contributed by atoms with E-state index in [1.165, 1.54) is 13.0 Å². The lowest BCUT2D eigenvalue weighted by molar-refractivity contribution is 0.276. The first-order valence-electron chi connectivity index (χ1n) is 6.51. The summed E-state index contributed by atoms with van der Waals surface area (Å²) in [6, 6.07) is 0. The van der Waals surface area contributed by atoms with E-state index in [2.05, 4.69) is 45.3 Å². The van der Waals surface area contributed by atoms with Gasteiger partial charge in [-0.05, 0) is 50.4 Å².